The SMILES string of the molecule is CC(C)c1cc(C(C)C)c([P-2])c(C(C)C)c1.CC(C)c1cccc(C(C)C)c1N=C(/C=C(\[N-]c1c(C(C)C)cccc1C(C)C)C(C)(C)C)C(C)(C)C.C[B-](c1c(F)c(F)c(F)c(F)c1F)(c1c(F)c(F)c(F)c(F)c1F)c1c(F)c(F)c(F)c(F)c1F.[Ti+4]. The van der Waals surface area contributed by atoms with Crippen LogP contribution in [0.5, 0.6) is 0 Å². The molecular weight excluding hydrogens is 1230 g/mol. The summed E-state index contributed by atoms with van der Waals surface area (Å²) in [6.07, 6.45) is -3.13. The number of rotatable bonds is 14. The van der Waals surface area contributed by atoms with Crippen LogP contribution in [0.4, 0.5) is 77.2 Å². The minimum absolute atomic E-state index is 0. The molecule has 482 valence electrons. The van der Waals surface area contributed by atoms with E-state index in [0.717, 1.165) is 22.8 Å². The Hall–Kier alpha value is -5.31. The summed E-state index contributed by atoms with van der Waals surface area (Å²) < 4.78 is 212. The molecule has 0 N–H and O–H groups in total. The first-order valence-electron chi connectivity index (χ1n) is 29.2. The number of aliphatic imine (C=N–C) groups is 1. The molecule has 0 aromatic heterocycles. The molecule has 0 aliphatic carbocycles. The van der Waals surface area contributed by atoms with Crippen molar-refractivity contribution in [3.8, 4) is 0 Å². The summed E-state index contributed by atoms with van der Waals surface area (Å²) in [6.45, 7) is 44.9. The van der Waals surface area contributed by atoms with Crippen LogP contribution in [-0.4, -0.2) is 11.9 Å². The third-order valence-corrected chi connectivity index (χ3v) is 16.0. The van der Waals surface area contributed by atoms with E-state index < -0.39 is 110 Å². The number of para-hydroxylation sites is 2. The maximum absolute atomic E-state index is 14.6. The van der Waals surface area contributed by atoms with Gasteiger partial charge in [-0.1, -0.05) is 204 Å². The van der Waals surface area contributed by atoms with Crippen LogP contribution in [0.15, 0.2) is 65.3 Å². The molecule has 2 nitrogen and oxygen atoms in total. The zero-order valence-electron chi connectivity index (χ0n) is 54.3. The van der Waals surface area contributed by atoms with Crippen LogP contribution in [0.3, 0.4) is 0 Å². The van der Waals surface area contributed by atoms with Crippen molar-refractivity contribution in [2.75, 3.05) is 0 Å². The molecule has 0 aliphatic rings. The smallest absolute Gasteiger partial charge is 1.45 e. The normalized spacial score (nSPS) is 12.6. The van der Waals surface area contributed by atoms with E-state index in [9.17, 15) is 65.9 Å². The van der Waals surface area contributed by atoms with E-state index in [2.05, 4.69) is 193 Å². The topological polar surface area (TPSA) is 26.5 Å². The maximum Gasteiger partial charge on any atom is 4.00 e. The molecule has 6 aromatic carbocycles. The predicted molar refractivity (Wildman–Crippen MR) is 331 cm³/mol. The van der Waals surface area contributed by atoms with E-state index in [1.165, 1.54) is 44.2 Å². The molecule has 89 heavy (non-hydrogen) atoms. The Bertz CT molecular complexity index is 3280. The van der Waals surface area contributed by atoms with Gasteiger partial charge in [0.1, 0.15) is 41.0 Å². The summed E-state index contributed by atoms with van der Waals surface area (Å²) in [5, 5.41) is 6.65. The third kappa shape index (κ3) is 16.5. The molecule has 0 amide bonds. The summed E-state index contributed by atoms with van der Waals surface area (Å²) in [7, 11) is 4.71. The van der Waals surface area contributed by atoms with Crippen molar-refractivity contribution in [1.82, 2.24) is 0 Å². The van der Waals surface area contributed by atoms with Gasteiger partial charge in [0.25, 0.3) is 0 Å². The molecule has 0 fully saturated rings. The Morgan fingerprint density at radius 3 is 0.899 bits per heavy atom. The molecule has 0 spiro atoms. The Labute approximate surface area is 533 Å². The van der Waals surface area contributed by atoms with E-state index in [0.29, 0.717) is 41.4 Å². The second-order valence-electron chi connectivity index (χ2n) is 26.6. The summed E-state index contributed by atoms with van der Waals surface area (Å²) >= 11 is 0. The fourth-order valence-corrected chi connectivity index (χ4v) is 10.9. The first-order valence-corrected chi connectivity index (χ1v) is 29.7. The minimum atomic E-state index is -5.41. The van der Waals surface area contributed by atoms with Gasteiger partial charge in [0, 0.05) is 11.1 Å². The monoisotopic (exact) mass is 1310 g/mol. The second-order valence-corrected chi connectivity index (χ2v) is 27.0. The van der Waals surface area contributed by atoms with E-state index in [-0.39, 0.29) is 39.4 Å². The van der Waals surface area contributed by atoms with E-state index in [1.54, 1.807) is 0 Å². The molecule has 6 aromatic rings. The predicted octanol–water partition coefficient (Wildman–Crippen LogP) is 21.9. The first-order chi connectivity index (χ1) is 40.3. The van der Waals surface area contributed by atoms with Crippen molar-refractivity contribution in [1.29, 1.82) is 0 Å². The van der Waals surface area contributed by atoms with Gasteiger partial charge in [0.05, 0.1) is 5.69 Å². The van der Waals surface area contributed by atoms with Gasteiger partial charge in [-0.05, 0) is 63.5 Å². The molecule has 0 aliphatic heterocycles. The first kappa shape index (κ1) is 77.9. The van der Waals surface area contributed by atoms with E-state index in [4.69, 9.17) is 19.5 Å². The van der Waals surface area contributed by atoms with Gasteiger partial charge in [0.2, 0.25) is 0 Å². The van der Waals surface area contributed by atoms with Crippen LogP contribution < -0.4 is 21.7 Å². The Morgan fingerprint density at radius 2 is 0.663 bits per heavy atom. The number of nitrogens with zero attached hydrogens (tertiary/aromatic N) is 2. The number of allylic oxidation sites excluding steroid dienone is 2. The molecule has 0 radical (unpaired) electrons. The molecule has 0 saturated carbocycles. The summed E-state index contributed by atoms with van der Waals surface area (Å²) in [5.74, 6) is -41.8. The van der Waals surface area contributed by atoms with Crippen molar-refractivity contribution in [2.24, 2.45) is 15.8 Å². The van der Waals surface area contributed by atoms with Gasteiger partial charge in [-0.25, -0.2) is 65.9 Å². The van der Waals surface area contributed by atoms with Crippen molar-refractivity contribution in [3.63, 3.8) is 0 Å². The van der Waals surface area contributed by atoms with Crippen molar-refractivity contribution in [2.45, 2.75) is 187 Å². The Balaban J connectivity index is 0.000000372. The largest absolute Gasteiger partial charge is 4.00 e. The fraction of sp³-hybridized carbons (Fsp3) is 0.435. The van der Waals surface area contributed by atoms with E-state index in [1.807, 2.05) is 0 Å². The van der Waals surface area contributed by atoms with Crippen LogP contribution >= 0.6 is 9.24 Å². The Kier molecular flexibility index (Phi) is 26.6. The standard InChI is InChI=1S/C35H53N2.C19H3BF15.C15H23P.Ti/c1-22(2)26-17-15-18-27(23(3)4)32(26)36-30(34(9,10)11)21-31(35(12,13)14)37-33-28(24(5)6)19-16-20-29(33)25(7)8;1-20(2-5(21)11(27)17(33)12(28)6(2)22,3-7(23)13(29)18(34)14(30)8(3)24)4-9(25)15(31)19(35)16(32)10(4)26;1-9(2)12-7-13(10(3)4)15(16)14(8-12)11(5)6;/h15-25H,1-14H3;1H3;7-11H,1-6H3;/q2*-1;-2;+4/b30-21-,37-31?;;;. The van der Waals surface area contributed by atoms with Crippen LogP contribution in [0.2, 0.25) is 6.82 Å². The van der Waals surface area contributed by atoms with Gasteiger partial charge >= 0.3 is 21.7 Å². The molecule has 0 saturated heterocycles. The molecule has 20 heteroatoms. The van der Waals surface area contributed by atoms with Crippen molar-refractivity contribution >= 4 is 54.2 Å². The molecule has 6 rings (SSSR count). The van der Waals surface area contributed by atoms with Crippen LogP contribution in [0, 0.1) is 98.1 Å². The Morgan fingerprint density at radius 1 is 0.404 bits per heavy atom. The summed E-state index contributed by atoms with van der Waals surface area (Å²) in [6, 6.07) is 18.0. The number of hydrogen-bond donors (Lipinski definition) is 0. The van der Waals surface area contributed by atoms with E-state index >= 15 is 0 Å². The number of hydrogen-bond acceptors (Lipinski definition) is 1. The average molecular weight is 1310 g/mol. The van der Waals surface area contributed by atoms with Gasteiger partial charge in [-0.15, -0.1) is 33.2 Å². The summed E-state index contributed by atoms with van der Waals surface area (Å²) in [4.78, 5) is 5.46. The molecule has 0 unspecified atom stereocenters. The maximum atomic E-state index is 14.6. The van der Waals surface area contributed by atoms with Gasteiger partial charge in [-0.2, -0.15) is 12.5 Å². The third-order valence-electron chi connectivity index (χ3n) is 15.5. The quantitative estimate of drug-likeness (QED) is 0.0260. The van der Waals surface area contributed by atoms with Gasteiger partial charge in [0.15, 0.2) is 52.4 Å². The molecule has 0 heterocycles. The van der Waals surface area contributed by atoms with Gasteiger partial charge in [-0.3, -0.25) is 4.99 Å². The zero-order valence-corrected chi connectivity index (χ0v) is 56.8. The van der Waals surface area contributed by atoms with Crippen molar-refractivity contribution in [3.05, 3.63) is 192 Å². The van der Waals surface area contributed by atoms with Crippen molar-refractivity contribution < 1.29 is 87.6 Å². The number of benzene rings is 6. The minimum Gasteiger partial charge on any atom is -1.45 e. The van der Waals surface area contributed by atoms with Crippen LogP contribution in [-0.2, 0) is 21.7 Å². The average Bonchev–Trinajstić information content (AvgIpc) is 0.709. The van der Waals surface area contributed by atoms with Crippen LogP contribution in [0.25, 0.3) is 5.32 Å². The number of halogens is 15. The molecule has 0 bridgehead atoms. The summed E-state index contributed by atoms with van der Waals surface area (Å²) in [5.41, 5.74) is 5.69. The van der Waals surface area contributed by atoms with Gasteiger partial charge < -0.3 is 19.9 Å². The fourth-order valence-electron chi connectivity index (χ4n) is 10.2. The molecule has 0 atom stereocenters. The molecular formula is C69H79BF15N2PTi. The van der Waals surface area contributed by atoms with Crippen LogP contribution in [0.1, 0.15) is 219 Å². The zero-order chi connectivity index (χ0) is 67.6. The second kappa shape index (κ2) is 30.4.